The maximum atomic E-state index is 12.7. The highest BCUT2D eigenvalue weighted by Gasteiger charge is 2.47. The van der Waals surface area contributed by atoms with E-state index in [1.54, 1.807) is 21.0 Å². The fourth-order valence-electron chi connectivity index (χ4n) is 1.74. The molecule has 0 heterocycles. The number of hydrogen-bond donors (Lipinski definition) is 1. The van der Waals surface area contributed by atoms with Crippen LogP contribution in [0.2, 0.25) is 0 Å². The standard InChI is InChI=1S/C13H26N3O5P/c1-5-8-9-16(10-11-19-4)13(17)12(15-14)22(18,20-6-2)21-7-3/h5-11H2,1-4H3/p+1. The molecule has 9 heteroatoms. The molecule has 22 heavy (non-hydrogen) atoms. The fourth-order valence-corrected chi connectivity index (χ4v) is 3.23. The van der Waals surface area contributed by atoms with Crippen LogP contribution in [0.1, 0.15) is 33.6 Å². The van der Waals surface area contributed by atoms with Crippen LogP contribution in [0.25, 0.3) is 4.98 Å². The molecule has 128 valence electrons. The van der Waals surface area contributed by atoms with E-state index in [-0.39, 0.29) is 13.2 Å². The van der Waals surface area contributed by atoms with E-state index in [1.807, 2.05) is 6.92 Å². The second kappa shape index (κ2) is 11.4. The monoisotopic (exact) mass is 336 g/mol. The normalized spacial score (nSPS) is 12.7. The van der Waals surface area contributed by atoms with Gasteiger partial charge < -0.3 is 23.8 Å². The van der Waals surface area contributed by atoms with Crippen LogP contribution in [0.3, 0.4) is 0 Å². The van der Waals surface area contributed by atoms with E-state index < -0.39 is 18.9 Å². The number of nitrogens with zero attached hydrogens (tertiary/aromatic N) is 3. The van der Waals surface area contributed by atoms with Crippen molar-refractivity contribution in [2.75, 3.05) is 40.0 Å². The molecule has 0 atom stereocenters. The first-order valence-corrected chi connectivity index (χ1v) is 8.96. The Morgan fingerprint density at radius 1 is 1.23 bits per heavy atom. The van der Waals surface area contributed by atoms with E-state index in [0.29, 0.717) is 19.7 Å². The Morgan fingerprint density at radius 2 is 1.82 bits per heavy atom. The predicted octanol–water partition coefficient (Wildman–Crippen LogP) is 3.54. The number of diazo groups is 1. The van der Waals surface area contributed by atoms with Gasteiger partial charge in [-0.2, -0.15) is 0 Å². The number of ether oxygens (including phenoxy) is 1. The zero-order chi connectivity index (χ0) is 17.0. The Kier molecular flexibility index (Phi) is 10.9. The van der Waals surface area contributed by atoms with Crippen LogP contribution in [-0.4, -0.2) is 50.0 Å². The third-order valence-corrected chi connectivity index (χ3v) is 4.80. The molecule has 0 spiro atoms. The second-order valence-corrected chi connectivity index (χ2v) is 6.35. The molecule has 8 nitrogen and oxygen atoms in total. The van der Waals surface area contributed by atoms with Crippen molar-refractivity contribution < 1.29 is 23.5 Å². The number of hydrogen-bond acceptors (Lipinski definition) is 7. The van der Waals surface area contributed by atoms with Crippen molar-refractivity contribution in [1.29, 1.82) is 5.39 Å². The van der Waals surface area contributed by atoms with Gasteiger partial charge in [0, 0.05) is 20.2 Å². The first kappa shape index (κ1) is 20.9. The van der Waals surface area contributed by atoms with E-state index >= 15 is 0 Å². The van der Waals surface area contributed by atoms with Gasteiger partial charge in [-0.05, 0) is 20.3 Å². The van der Waals surface area contributed by atoms with Crippen molar-refractivity contribution in [3.8, 4) is 0 Å². The highest BCUT2D eigenvalue weighted by atomic mass is 31.2. The van der Waals surface area contributed by atoms with E-state index in [1.165, 1.54) is 4.90 Å². The van der Waals surface area contributed by atoms with Crippen LogP contribution in [-0.2, 0) is 18.3 Å². The molecule has 0 aliphatic heterocycles. The van der Waals surface area contributed by atoms with Gasteiger partial charge in [-0.1, -0.05) is 13.3 Å². The van der Waals surface area contributed by atoms with E-state index in [0.717, 1.165) is 12.8 Å². The topological polar surface area (TPSA) is 96.4 Å². The maximum absolute atomic E-state index is 12.7. The average molecular weight is 336 g/mol. The van der Waals surface area contributed by atoms with Crippen LogP contribution < -0.4 is 0 Å². The minimum Gasteiger partial charge on any atom is -0.489 e. The second-order valence-electron chi connectivity index (χ2n) is 4.41. The Bertz CT molecular complexity index is 418. The Labute approximate surface area is 132 Å². The van der Waals surface area contributed by atoms with Crippen molar-refractivity contribution in [1.82, 2.24) is 4.90 Å². The molecule has 0 aromatic heterocycles. The zero-order valence-corrected chi connectivity index (χ0v) is 14.7. The summed E-state index contributed by atoms with van der Waals surface area (Å²) in [4.78, 5) is 4.50. The van der Waals surface area contributed by atoms with Gasteiger partial charge in [-0.3, -0.25) is 0 Å². The van der Waals surface area contributed by atoms with E-state index in [2.05, 4.69) is 4.98 Å². The van der Waals surface area contributed by atoms with Crippen molar-refractivity contribution >= 4 is 7.60 Å². The fraction of sp³-hybridized carbons (Fsp3) is 0.846. The molecule has 0 radical (unpaired) electrons. The Hall–Kier alpha value is -1.13. The lowest BCUT2D eigenvalue weighted by molar-refractivity contribution is 0.128. The minimum atomic E-state index is -3.87. The molecule has 0 unspecified atom stereocenters. The molecular formula is C13H27N3O5P+. The number of unbranched alkanes of at least 4 members (excludes halogenated alkanes) is 1. The lowest BCUT2D eigenvalue weighted by Crippen LogP contribution is -2.29. The summed E-state index contributed by atoms with van der Waals surface area (Å²) in [5.41, 5.74) is -0.483. The van der Waals surface area contributed by atoms with Gasteiger partial charge in [0.2, 0.25) is 5.39 Å². The molecule has 0 amide bonds. The summed E-state index contributed by atoms with van der Waals surface area (Å²) < 4.78 is 27.9. The molecule has 0 aliphatic rings. The molecule has 1 N–H and O–H groups in total. The van der Waals surface area contributed by atoms with Crippen molar-refractivity contribution in [3.63, 3.8) is 0 Å². The smallest absolute Gasteiger partial charge is 0.489 e. The number of methoxy groups -OCH3 is 1. The Morgan fingerprint density at radius 3 is 2.23 bits per heavy atom. The summed E-state index contributed by atoms with van der Waals surface area (Å²) in [6, 6.07) is 0. The molecule has 0 aromatic rings. The van der Waals surface area contributed by atoms with Gasteiger partial charge in [0.1, 0.15) is 0 Å². The lowest BCUT2D eigenvalue weighted by Gasteiger charge is -2.22. The first-order valence-electron chi connectivity index (χ1n) is 7.42. The van der Waals surface area contributed by atoms with Crippen molar-refractivity contribution in [2.45, 2.75) is 33.6 Å². The molecule has 0 aromatic carbocycles. The summed E-state index contributed by atoms with van der Waals surface area (Å²) in [5, 5.41) is 19.6. The molecular weight excluding hydrogens is 309 g/mol. The van der Waals surface area contributed by atoms with Crippen LogP contribution >= 0.6 is 7.60 Å². The highest BCUT2D eigenvalue weighted by molar-refractivity contribution is 7.58. The van der Waals surface area contributed by atoms with Gasteiger partial charge in [0.05, 0.1) is 19.8 Å². The van der Waals surface area contributed by atoms with Gasteiger partial charge in [-0.25, -0.2) is 4.57 Å². The molecule has 0 aliphatic carbocycles. The van der Waals surface area contributed by atoms with E-state index in [4.69, 9.17) is 13.8 Å². The third-order valence-electron chi connectivity index (χ3n) is 2.80. The highest BCUT2D eigenvalue weighted by Crippen LogP contribution is 2.57. The zero-order valence-electron chi connectivity index (χ0n) is 13.8. The summed E-state index contributed by atoms with van der Waals surface area (Å²) in [5.74, 6) is -0.418. The van der Waals surface area contributed by atoms with Crippen LogP contribution in [0.4, 0.5) is 0 Å². The van der Waals surface area contributed by atoms with Gasteiger partial charge >= 0.3 is 13.0 Å². The van der Waals surface area contributed by atoms with Crippen LogP contribution in [0, 0.1) is 5.39 Å². The number of rotatable bonds is 12. The van der Waals surface area contributed by atoms with Crippen LogP contribution in [0.5, 0.6) is 0 Å². The SMILES string of the molecule is CCCCN(CCOC)/C(O)=C(\[N+]#N)P(=O)(OCC)OCC. The number of aliphatic hydroxyl groups excluding tert-OH is 1. The lowest BCUT2D eigenvalue weighted by atomic mass is 10.3. The van der Waals surface area contributed by atoms with E-state index in [9.17, 15) is 15.1 Å². The predicted molar refractivity (Wildman–Crippen MR) is 84.0 cm³/mol. The molecule has 0 saturated heterocycles. The van der Waals surface area contributed by atoms with Crippen molar-refractivity contribution in [2.24, 2.45) is 0 Å². The summed E-state index contributed by atoms with van der Waals surface area (Å²) in [7, 11) is -2.33. The molecule has 0 bridgehead atoms. The van der Waals surface area contributed by atoms with Crippen LogP contribution in [0.15, 0.2) is 11.3 Å². The van der Waals surface area contributed by atoms with Gasteiger partial charge in [-0.15, -0.1) is 0 Å². The quantitative estimate of drug-likeness (QED) is 0.331. The summed E-state index contributed by atoms with van der Waals surface area (Å²) in [6.45, 7) is 6.70. The first-order chi connectivity index (χ1) is 10.5. The van der Waals surface area contributed by atoms with Gasteiger partial charge in [0.15, 0.2) is 4.98 Å². The molecule has 0 rings (SSSR count). The third kappa shape index (κ3) is 6.32. The average Bonchev–Trinajstić information content (AvgIpc) is 2.48. The molecule has 0 saturated carbocycles. The summed E-state index contributed by atoms with van der Waals surface area (Å²) >= 11 is 0. The minimum absolute atomic E-state index is 0.0939. The molecule has 0 fully saturated rings. The summed E-state index contributed by atoms with van der Waals surface area (Å²) in [6.07, 6.45) is 1.72. The van der Waals surface area contributed by atoms with Crippen molar-refractivity contribution in [3.05, 3.63) is 16.3 Å². The Balaban J connectivity index is 5.57. The maximum Gasteiger partial charge on any atom is 0.528 e. The van der Waals surface area contributed by atoms with Gasteiger partial charge in [0.25, 0.3) is 5.88 Å². The largest absolute Gasteiger partial charge is 0.528 e. The number of aliphatic hydroxyl groups is 1.